The van der Waals surface area contributed by atoms with E-state index in [0.717, 1.165) is 5.56 Å². The lowest BCUT2D eigenvalue weighted by atomic mass is 10.1. The van der Waals surface area contributed by atoms with E-state index in [1.54, 1.807) is 43.3 Å². The molecule has 1 fully saturated rings. The Labute approximate surface area is 165 Å². The molecule has 1 N–H and O–H groups in total. The maximum atomic E-state index is 13.0. The van der Waals surface area contributed by atoms with Gasteiger partial charge in [-0.15, -0.1) is 0 Å². The van der Waals surface area contributed by atoms with Crippen molar-refractivity contribution in [2.75, 3.05) is 20.7 Å². The predicted octanol–water partition coefficient (Wildman–Crippen LogP) is 2.38. The number of nitrogens with zero attached hydrogens (tertiary/aromatic N) is 2. The van der Waals surface area contributed by atoms with Crippen molar-refractivity contribution in [1.82, 2.24) is 9.80 Å². The van der Waals surface area contributed by atoms with Crippen molar-refractivity contribution >= 4 is 11.8 Å². The Kier molecular flexibility index (Phi) is 6.31. The van der Waals surface area contributed by atoms with Gasteiger partial charge < -0.3 is 19.6 Å². The Morgan fingerprint density at radius 1 is 1.25 bits per heavy atom. The highest BCUT2D eigenvalue weighted by Gasteiger charge is 2.37. The third kappa shape index (κ3) is 4.51. The van der Waals surface area contributed by atoms with Gasteiger partial charge in [0.05, 0.1) is 19.8 Å². The van der Waals surface area contributed by atoms with Crippen LogP contribution in [0.15, 0.2) is 54.6 Å². The van der Waals surface area contributed by atoms with Gasteiger partial charge in [0.15, 0.2) is 0 Å². The molecule has 0 radical (unpaired) electrons. The molecule has 2 aromatic carbocycles. The van der Waals surface area contributed by atoms with E-state index in [2.05, 4.69) is 0 Å². The summed E-state index contributed by atoms with van der Waals surface area (Å²) in [6.07, 6.45) is 0.0447. The highest BCUT2D eigenvalue weighted by molar-refractivity contribution is 5.90. The van der Waals surface area contributed by atoms with Crippen molar-refractivity contribution < 1.29 is 19.4 Å². The maximum Gasteiger partial charge on any atom is 0.245 e. The molecule has 148 valence electrons. The van der Waals surface area contributed by atoms with Gasteiger partial charge in [-0.25, -0.2) is 0 Å². The fraction of sp³-hybridized carbons (Fsp3) is 0.364. The van der Waals surface area contributed by atoms with Crippen LogP contribution in [0.3, 0.4) is 0 Å². The first kappa shape index (κ1) is 19.9. The SMILES string of the molecule is COc1cccc(C(O)CN(C)C(=O)C2CCC(=O)N2Cc2ccccc2)c1. The number of rotatable bonds is 7. The summed E-state index contributed by atoms with van der Waals surface area (Å²) in [4.78, 5) is 28.5. The predicted molar refractivity (Wildman–Crippen MR) is 106 cm³/mol. The van der Waals surface area contributed by atoms with Gasteiger partial charge in [0.2, 0.25) is 11.8 Å². The van der Waals surface area contributed by atoms with E-state index in [-0.39, 0.29) is 18.4 Å². The van der Waals surface area contributed by atoms with Gasteiger partial charge >= 0.3 is 0 Å². The lowest BCUT2D eigenvalue weighted by Gasteiger charge is -2.29. The van der Waals surface area contributed by atoms with Crippen LogP contribution in [0.4, 0.5) is 0 Å². The van der Waals surface area contributed by atoms with Crippen molar-refractivity contribution in [3.05, 3.63) is 65.7 Å². The molecule has 1 aliphatic heterocycles. The number of ether oxygens (including phenoxy) is 1. The fourth-order valence-electron chi connectivity index (χ4n) is 3.53. The molecule has 6 heteroatoms. The second-order valence-electron chi connectivity index (χ2n) is 7.07. The zero-order valence-corrected chi connectivity index (χ0v) is 16.2. The van der Waals surface area contributed by atoms with Gasteiger partial charge in [-0.05, 0) is 29.7 Å². The molecule has 0 aliphatic carbocycles. The topological polar surface area (TPSA) is 70.1 Å². The zero-order chi connectivity index (χ0) is 20.1. The van der Waals surface area contributed by atoms with Gasteiger partial charge in [-0.3, -0.25) is 9.59 Å². The summed E-state index contributed by atoms with van der Waals surface area (Å²) < 4.78 is 5.19. The van der Waals surface area contributed by atoms with Crippen molar-refractivity contribution in [3.63, 3.8) is 0 Å². The Bertz CT molecular complexity index is 824. The van der Waals surface area contributed by atoms with Crippen LogP contribution in [-0.4, -0.2) is 53.5 Å². The zero-order valence-electron chi connectivity index (χ0n) is 16.2. The highest BCUT2D eigenvalue weighted by Crippen LogP contribution is 2.24. The normalized spacial score (nSPS) is 17.5. The molecule has 1 saturated heterocycles. The van der Waals surface area contributed by atoms with E-state index >= 15 is 0 Å². The van der Waals surface area contributed by atoms with Crippen LogP contribution in [-0.2, 0) is 16.1 Å². The number of likely N-dealkylation sites (N-methyl/N-ethyl adjacent to an activating group) is 1. The van der Waals surface area contributed by atoms with Gasteiger partial charge in [0.25, 0.3) is 0 Å². The van der Waals surface area contributed by atoms with Crippen molar-refractivity contribution in [1.29, 1.82) is 0 Å². The first-order valence-electron chi connectivity index (χ1n) is 9.40. The summed E-state index contributed by atoms with van der Waals surface area (Å²) in [6.45, 7) is 0.568. The number of carbonyl (C=O) groups is 2. The molecule has 0 bridgehead atoms. The largest absolute Gasteiger partial charge is 0.497 e. The summed E-state index contributed by atoms with van der Waals surface area (Å²) in [5.41, 5.74) is 1.68. The minimum Gasteiger partial charge on any atom is -0.497 e. The molecular weight excluding hydrogens is 356 g/mol. The van der Waals surface area contributed by atoms with Gasteiger partial charge in [0.1, 0.15) is 11.8 Å². The van der Waals surface area contributed by atoms with Crippen molar-refractivity contribution in [2.45, 2.75) is 31.5 Å². The number of hydrogen-bond donors (Lipinski definition) is 1. The number of amides is 2. The molecule has 0 spiro atoms. The number of hydrogen-bond acceptors (Lipinski definition) is 4. The molecule has 2 atom stereocenters. The van der Waals surface area contributed by atoms with Crippen LogP contribution in [0, 0.1) is 0 Å². The number of methoxy groups -OCH3 is 1. The van der Waals surface area contributed by atoms with Crippen LogP contribution in [0.5, 0.6) is 5.75 Å². The Balaban J connectivity index is 1.66. The second kappa shape index (κ2) is 8.89. The van der Waals surface area contributed by atoms with Crippen molar-refractivity contribution in [2.24, 2.45) is 0 Å². The Hall–Kier alpha value is -2.86. The standard InChI is InChI=1S/C22H26N2O4/c1-23(15-20(25)17-9-6-10-18(13-17)28-2)22(27)19-11-12-21(26)24(19)14-16-7-4-3-5-8-16/h3-10,13,19-20,25H,11-12,14-15H2,1-2H3. The lowest BCUT2D eigenvalue weighted by Crippen LogP contribution is -2.46. The molecule has 0 aromatic heterocycles. The van der Waals surface area contributed by atoms with Crippen LogP contribution >= 0.6 is 0 Å². The smallest absolute Gasteiger partial charge is 0.245 e. The molecule has 1 heterocycles. The summed E-state index contributed by atoms with van der Waals surface area (Å²) in [6, 6.07) is 16.3. The van der Waals surface area contributed by atoms with Crippen LogP contribution in [0.1, 0.15) is 30.1 Å². The summed E-state index contributed by atoms with van der Waals surface area (Å²) in [7, 11) is 3.23. The minimum absolute atomic E-state index is 0.0102. The fourth-order valence-corrected chi connectivity index (χ4v) is 3.53. The van der Waals surface area contributed by atoms with Crippen LogP contribution in [0.2, 0.25) is 0 Å². The average Bonchev–Trinajstić information content (AvgIpc) is 3.08. The van der Waals surface area contributed by atoms with Crippen LogP contribution in [0.25, 0.3) is 0 Å². The van der Waals surface area contributed by atoms with Crippen LogP contribution < -0.4 is 4.74 Å². The van der Waals surface area contributed by atoms with E-state index in [0.29, 0.717) is 30.7 Å². The monoisotopic (exact) mass is 382 g/mol. The minimum atomic E-state index is -0.830. The van der Waals surface area contributed by atoms with Gasteiger partial charge in [-0.2, -0.15) is 0 Å². The number of benzene rings is 2. The van der Waals surface area contributed by atoms with E-state index in [1.807, 2.05) is 30.3 Å². The summed E-state index contributed by atoms with van der Waals surface area (Å²) in [5.74, 6) is 0.494. The number of likely N-dealkylation sites (tertiary alicyclic amines) is 1. The second-order valence-corrected chi connectivity index (χ2v) is 7.07. The Morgan fingerprint density at radius 3 is 2.71 bits per heavy atom. The molecule has 28 heavy (non-hydrogen) atoms. The quantitative estimate of drug-likeness (QED) is 0.798. The number of aliphatic hydroxyl groups excluding tert-OH is 1. The maximum absolute atomic E-state index is 13.0. The van der Waals surface area contributed by atoms with E-state index < -0.39 is 12.1 Å². The van der Waals surface area contributed by atoms with Gasteiger partial charge in [-0.1, -0.05) is 42.5 Å². The first-order chi connectivity index (χ1) is 13.5. The van der Waals surface area contributed by atoms with E-state index in [9.17, 15) is 14.7 Å². The molecule has 2 amide bonds. The molecule has 6 nitrogen and oxygen atoms in total. The molecule has 3 rings (SSSR count). The molecular formula is C22H26N2O4. The summed E-state index contributed by atoms with van der Waals surface area (Å²) >= 11 is 0. The highest BCUT2D eigenvalue weighted by atomic mass is 16.5. The Morgan fingerprint density at radius 2 is 2.00 bits per heavy atom. The third-order valence-electron chi connectivity index (χ3n) is 5.11. The van der Waals surface area contributed by atoms with E-state index in [1.165, 1.54) is 4.90 Å². The van der Waals surface area contributed by atoms with Crippen molar-refractivity contribution in [3.8, 4) is 5.75 Å². The van der Waals surface area contributed by atoms with Gasteiger partial charge in [0, 0.05) is 20.0 Å². The molecule has 0 saturated carbocycles. The van der Waals surface area contributed by atoms with E-state index in [4.69, 9.17) is 4.74 Å². The number of aliphatic hydroxyl groups is 1. The molecule has 2 aromatic rings. The average molecular weight is 382 g/mol. The third-order valence-corrected chi connectivity index (χ3v) is 5.11. The number of carbonyl (C=O) groups excluding carboxylic acids is 2. The molecule has 2 unspecified atom stereocenters. The first-order valence-corrected chi connectivity index (χ1v) is 9.40. The lowest BCUT2D eigenvalue weighted by molar-refractivity contribution is -0.141. The molecule has 1 aliphatic rings. The summed E-state index contributed by atoms with van der Waals surface area (Å²) in [5, 5.41) is 10.5.